The van der Waals surface area contributed by atoms with Gasteiger partial charge in [-0.15, -0.1) is 0 Å². The number of carbonyl (C=O) groups is 1. The molecule has 0 spiro atoms. The molecule has 9 heteroatoms. The minimum Gasteiger partial charge on any atom is -0.370 e. The molecule has 1 aliphatic rings. The standard InChI is InChI=1S/C21H15ClN4O4/c22-14-3-1-13(2-4-14)19-18-20(30-24-19)23-12-26(21(18)28)16-7-5-15(6-8-16)25-9-10-29-11-17(25)27/h1-8,12H,9-11H2. The van der Waals surface area contributed by atoms with Gasteiger partial charge in [0.1, 0.15) is 24.0 Å². The van der Waals surface area contributed by atoms with Crippen molar-refractivity contribution in [1.29, 1.82) is 0 Å². The molecule has 2 aromatic carbocycles. The van der Waals surface area contributed by atoms with Gasteiger partial charge in [0.25, 0.3) is 17.2 Å². The van der Waals surface area contributed by atoms with E-state index in [0.29, 0.717) is 35.1 Å². The van der Waals surface area contributed by atoms with Gasteiger partial charge in [-0.3, -0.25) is 14.2 Å². The lowest BCUT2D eigenvalue weighted by molar-refractivity contribution is -0.125. The minimum absolute atomic E-state index is 0.0722. The molecule has 0 unspecified atom stereocenters. The third-order valence-corrected chi connectivity index (χ3v) is 5.19. The summed E-state index contributed by atoms with van der Waals surface area (Å²) < 4.78 is 11.8. The monoisotopic (exact) mass is 422 g/mol. The van der Waals surface area contributed by atoms with E-state index >= 15 is 0 Å². The molecule has 8 nitrogen and oxygen atoms in total. The molecule has 0 radical (unpaired) electrons. The number of hydrogen-bond acceptors (Lipinski definition) is 6. The summed E-state index contributed by atoms with van der Waals surface area (Å²) in [4.78, 5) is 31.1. The number of amides is 1. The van der Waals surface area contributed by atoms with E-state index in [0.717, 1.165) is 5.69 Å². The first kappa shape index (κ1) is 18.5. The van der Waals surface area contributed by atoms with Crippen molar-refractivity contribution in [2.75, 3.05) is 24.7 Å². The van der Waals surface area contributed by atoms with Gasteiger partial charge in [-0.1, -0.05) is 28.9 Å². The Kier molecular flexibility index (Phi) is 4.57. The van der Waals surface area contributed by atoms with E-state index in [1.807, 2.05) is 0 Å². The van der Waals surface area contributed by atoms with Crippen molar-refractivity contribution in [2.45, 2.75) is 0 Å². The zero-order valence-electron chi connectivity index (χ0n) is 15.6. The Hall–Kier alpha value is -3.49. The highest BCUT2D eigenvalue weighted by atomic mass is 35.5. The second-order valence-corrected chi connectivity index (χ2v) is 7.19. The van der Waals surface area contributed by atoms with Gasteiger partial charge in [-0.25, -0.2) is 4.98 Å². The maximum atomic E-state index is 13.2. The van der Waals surface area contributed by atoms with Gasteiger partial charge in [0.15, 0.2) is 0 Å². The van der Waals surface area contributed by atoms with Crippen molar-refractivity contribution in [3.05, 3.63) is 70.2 Å². The summed E-state index contributed by atoms with van der Waals surface area (Å²) in [6.07, 6.45) is 1.40. The molecule has 1 aliphatic heterocycles. The molecule has 0 saturated carbocycles. The van der Waals surface area contributed by atoms with Crippen LogP contribution in [0.5, 0.6) is 0 Å². The van der Waals surface area contributed by atoms with Crippen LogP contribution < -0.4 is 10.5 Å². The smallest absolute Gasteiger partial charge is 0.271 e. The lowest BCUT2D eigenvalue weighted by Crippen LogP contribution is -2.41. The summed E-state index contributed by atoms with van der Waals surface area (Å²) in [7, 11) is 0. The van der Waals surface area contributed by atoms with Crippen LogP contribution in [0.25, 0.3) is 28.0 Å². The number of hydrogen-bond donors (Lipinski definition) is 0. The third-order valence-electron chi connectivity index (χ3n) is 4.94. The molecule has 1 saturated heterocycles. The Morgan fingerprint density at radius 2 is 1.70 bits per heavy atom. The maximum absolute atomic E-state index is 13.2. The molecule has 150 valence electrons. The van der Waals surface area contributed by atoms with E-state index in [-0.39, 0.29) is 29.2 Å². The molecule has 0 aliphatic carbocycles. The predicted molar refractivity (Wildman–Crippen MR) is 111 cm³/mol. The summed E-state index contributed by atoms with van der Waals surface area (Å²) in [5.74, 6) is -0.0914. The zero-order valence-corrected chi connectivity index (χ0v) is 16.4. The van der Waals surface area contributed by atoms with Crippen LogP contribution in [-0.4, -0.2) is 40.4 Å². The number of benzene rings is 2. The van der Waals surface area contributed by atoms with E-state index in [1.165, 1.54) is 10.9 Å². The van der Waals surface area contributed by atoms with Crippen LogP contribution in [-0.2, 0) is 9.53 Å². The number of morpholine rings is 1. The number of ether oxygens (including phenoxy) is 1. The van der Waals surface area contributed by atoms with E-state index in [4.69, 9.17) is 20.9 Å². The summed E-state index contributed by atoms with van der Waals surface area (Å²) in [6.45, 7) is 1.06. The van der Waals surface area contributed by atoms with E-state index in [2.05, 4.69) is 10.1 Å². The van der Waals surface area contributed by atoms with Gasteiger partial charge >= 0.3 is 0 Å². The van der Waals surface area contributed by atoms with E-state index < -0.39 is 0 Å². The number of nitrogens with zero attached hydrogens (tertiary/aromatic N) is 4. The summed E-state index contributed by atoms with van der Waals surface area (Å²) in [5.41, 5.74) is 2.33. The van der Waals surface area contributed by atoms with Gasteiger partial charge in [0.05, 0.1) is 12.3 Å². The number of fused-ring (bicyclic) bond motifs is 1. The highest BCUT2D eigenvalue weighted by molar-refractivity contribution is 6.30. The fraction of sp³-hybridized carbons (Fsp3) is 0.143. The molecule has 4 aromatic rings. The first-order valence-electron chi connectivity index (χ1n) is 9.23. The van der Waals surface area contributed by atoms with Crippen molar-refractivity contribution < 1.29 is 14.1 Å². The quantitative estimate of drug-likeness (QED) is 0.504. The van der Waals surface area contributed by atoms with Crippen molar-refractivity contribution in [1.82, 2.24) is 14.7 Å². The second kappa shape index (κ2) is 7.40. The largest absolute Gasteiger partial charge is 0.370 e. The Balaban J connectivity index is 1.55. The van der Waals surface area contributed by atoms with E-state index in [9.17, 15) is 9.59 Å². The molecule has 0 atom stereocenters. The molecule has 0 bridgehead atoms. The second-order valence-electron chi connectivity index (χ2n) is 6.75. The number of rotatable bonds is 3. The molecule has 0 N–H and O–H groups in total. The first-order valence-corrected chi connectivity index (χ1v) is 9.61. The van der Waals surface area contributed by atoms with Gasteiger partial charge in [0.2, 0.25) is 0 Å². The Morgan fingerprint density at radius 3 is 2.43 bits per heavy atom. The maximum Gasteiger partial charge on any atom is 0.271 e. The van der Waals surface area contributed by atoms with Crippen molar-refractivity contribution >= 4 is 34.3 Å². The van der Waals surface area contributed by atoms with Crippen molar-refractivity contribution in [3.63, 3.8) is 0 Å². The lowest BCUT2D eigenvalue weighted by Gasteiger charge is -2.26. The lowest BCUT2D eigenvalue weighted by atomic mass is 10.1. The first-order chi connectivity index (χ1) is 14.6. The molecule has 3 heterocycles. The van der Waals surface area contributed by atoms with Crippen LogP contribution in [0.2, 0.25) is 5.02 Å². The van der Waals surface area contributed by atoms with Gasteiger partial charge in [-0.05, 0) is 36.4 Å². The average molecular weight is 423 g/mol. The Morgan fingerprint density at radius 1 is 0.967 bits per heavy atom. The summed E-state index contributed by atoms with van der Waals surface area (Å²) >= 11 is 5.95. The fourth-order valence-electron chi connectivity index (χ4n) is 3.42. The van der Waals surface area contributed by atoms with Crippen LogP contribution in [0.3, 0.4) is 0 Å². The normalized spacial score (nSPS) is 14.4. The topological polar surface area (TPSA) is 90.5 Å². The number of carbonyl (C=O) groups excluding carboxylic acids is 1. The molecular weight excluding hydrogens is 408 g/mol. The van der Waals surface area contributed by atoms with Crippen LogP contribution in [0.1, 0.15) is 0 Å². The van der Waals surface area contributed by atoms with Gasteiger partial charge < -0.3 is 14.2 Å². The summed E-state index contributed by atoms with van der Waals surface area (Å²) in [5, 5.41) is 4.89. The molecule has 30 heavy (non-hydrogen) atoms. The van der Waals surface area contributed by atoms with Crippen molar-refractivity contribution in [2.24, 2.45) is 0 Å². The number of anilines is 1. The SMILES string of the molecule is O=C1COCCN1c1ccc(-n2cnc3onc(-c4ccc(Cl)cc4)c3c2=O)cc1. The zero-order chi connectivity index (χ0) is 20.7. The van der Waals surface area contributed by atoms with Gasteiger partial charge in [0, 0.05) is 22.8 Å². The number of halogens is 1. The Bertz CT molecular complexity index is 1300. The fourth-order valence-corrected chi connectivity index (χ4v) is 3.54. The Labute approximate surface area is 175 Å². The van der Waals surface area contributed by atoms with Crippen molar-refractivity contribution in [3.8, 4) is 16.9 Å². The average Bonchev–Trinajstić information content (AvgIpc) is 3.20. The van der Waals surface area contributed by atoms with E-state index in [1.54, 1.807) is 53.4 Å². The van der Waals surface area contributed by atoms with Crippen LogP contribution in [0.15, 0.2) is 64.2 Å². The molecule has 2 aromatic heterocycles. The highest BCUT2D eigenvalue weighted by Gasteiger charge is 2.21. The highest BCUT2D eigenvalue weighted by Crippen LogP contribution is 2.26. The molecule has 5 rings (SSSR count). The van der Waals surface area contributed by atoms with Gasteiger partial charge in [-0.2, -0.15) is 0 Å². The number of aromatic nitrogens is 3. The third kappa shape index (κ3) is 3.16. The minimum atomic E-state index is -0.304. The van der Waals surface area contributed by atoms with Crippen LogP contribution >= 0.6 is 11.6 Å². The van der Waals surface area contributed by atoms with Crippen LogP contribution in [0.4, 0.5) is 5.69 Å². The predicted octanol–water partition coefficient (Wildman–Crippen LogP) is 3.06. The molecular formula is C21H15ClN4O4. The van der Waals surface area contributed by atoms with Crippen LogP contribution in [0, 0.1) is 0 Å². The molecule has 1 amide bonds. The summed E-state index contributed by atoms with van der Waals surface area (Å²) in [6, 6.07) is 14.1. The molecule has 1 fully saturated rings.